The Morgan fingerprint density at radius 2 is 1.55 bits per heavy atom. The summed E-state index contributed by atoms with van der Waals surface area (Å²) in [5.74, 6) is 0.544. The third-order valence-electron chi connectivity index (χ3n) is 4.92. The Morgan fingerprint density at radius 1 is 0.931 bits per heavy atom. The highest BCUT2D eigenvalue weighted by molar-refractivity contribution is 5.97. The lowest BCUT2D eigenvalue weighted by molar-refractivity contribution is -0.133. The Balaban J connectivity index is 2.22. The van der Waals surface area contributed by atoms with Crippen molar-refractivity contribution < 1.29 is 9.59 Å². The molecule has 0 atom stereocenters. The van der Waals surface area contributed by atoms with Crippen LogP contribution in [0.5, 0.6) is 0 Å². The number of amides is 2. The summed E-state index contributed by atoms with van der Waals surface area (Å²) >= 11 is 0. The zero-order valence-corrected chi connectivity index (χ0v) is 18.7. The molecule has 0 unspecified atom stereocenters. The molecule has 0 aliphatic heterocycles. The summed E-state index contributed by atoms with van der Waals surface area (Å²) in [5, 5.41) is 0. The molecule has 2 aromatic rings. The number of hydrogen-bond acceptors (Lipinski definition) is 2. The van der Waals surface area contributed by atoms with Crippen LogP contribution in [-0.4, -0.2) is 45.8 Å². The van der Waals surface area contributed by atoms with Crippen LogP contribution in [0.4, 0.5) is 0 Å². The normalized spacial score (nSPS) is 11.2. The van der Waals surface area contributed by atoms with E-state index in [1.165, 1.54) is 0 Å². The monoisotopic (exact) mass is 397 g/mol. The Bertz CT molecular complexity index is 823. The molecule has 0 aliphatic carbocycles. The fourth-order valence-corrected chi connectivity index (χ4v) is 3.46. The Labute approximate surface area is 175 Å². The zero-order chi connectivity index (χ0) is 21.6. The van der Waals surface area contributed by atoms with Crippen molar-refractivity contribution in [3.05, 3.63) is 59.4 Å². The topological polar surface area (TPSA) is 45.6 Å². The van der Waals surface area contributed by atoms with E-state index in [4.69, 9.17) is 0 Å². The molecule has 2 amide bonds. The van der Waals surface area contributed by atoms with Gasteiger partial charge in [0.15, 0.2) is 0 Å². The van der Waals surface area contributed by atoms with Crippen molar-refractivity contribution in [3.8, 4) is 0 Å². The summed E-state index contributed by atoms with van der Waals surface area (Å²) in [5.41, 5.74) is 2.68. The molecule has 0 saturated heterocycles. The lowest BCUT2D eigenvalue weighted by Gasteiger charge is -2.30. The van der Waals surface area contributed by atoms with Gasteiger partial charge in [0.2, 0.25) is 5.91 Å². The van der Waals surface area contributed by atoms with E-state index in [0.29, 0.717) is 31.1 Å². The highest BCUT2D eigenvalue weighted by Crippen LogP contribution is 2.14. The van der Waals surface area contributed by atoms with Crippen LogP contribution in [0.1, 0.15) is 49.3 Å². The molecule has 1 aromatic carbocycles. The Hall–Kier alpha value is -2.56. The SMILES string of the molecule is Cc1ccccc1C(=O)N(CC(=O)N(Cc1cccn1C)CC(C)C)CC(C)C. The fourth-order valence-electron chi connectivity index (χ4n) is 3.46. The van der Waals surface area contributed by atoms with Gasteiger partial charge in [0, 0.05) is 37.6 Å². The molecule has 0 spiro atoms. The first-order chi connectivity index (χ1) is 13.7. The van der Waals surface area contributed by atoms with Gasteiger partial charge in [-0.05, 0) is 42.5 Å². The molecular formula is C24H35N3O2. The van der Waals surface area contributed by atoms with E-state index in [2.05, 4.69) is 27.7 Å². The van der Waals surface area contributed by atoms with Crippen LogP contribution < -0.4 is 0 Å². The molecule has 158 valence electrons. The van der Waals surface area contributed by atoms with Gasteiger partial charge in [0.25, 0.3) is 5.91 Å². The predicted octanol–water partition coefficient (Wildman–Crippen LogP) is 4.12. The van der Waals surface area contributed by atoms with Gasteiger partial charge in [-0.25, -0.2) is 0 Å². The number of aromatic nitrogens is 1. The van der Waals surface area contributed by atoms with Crippen molar-refractivity contribution in [1.29, 1.82) is 0 Å². The van der Waals surface area contributed by atoms with Gasteiger partial charge in [-0.2, -0.15) is 0 Å². The maximum Gasteiger partial charge on any atom is 0.254 e. The van der Waals surface area contributed by atoms with E-state index >= 15 is 0 Å². The van der Waals surface area contributed by atoms with Gasteiger partial charge in [0.1, 0.15) is 6.54 Å². The lowest BCUT2D eigenvalue weighted by Crippen LogP contribution is -2.45. The first kappa shape index (κ1) is 22.7. The third kappa shape index (κ3) is 6.48. The van der Waals surface area contributed by atoms with Gasteiger partial charge in [-0.1, -0.05) is 45.9 Å². The molecule has 1 aromatic heterocycles. The quantitative estimate of drug-likeness (QED) is 0.639. The van der Waals surface area contributed by atoms with Gasteiger partial charge < -0.3 is 14.4 Å². The summed E-state index contributed by atoms with van der Waals surface area (Å²) in [4.78, 5) is 30.0. The average Bonchev–Trinajstić information content (AvgIpc) is 3.04. The van der Waals surface area contributed by atoms with Crippen LogP contribution in [0.2, 0.25) is 0 Å². The molecule has 0 aliphatic rings. The molecule has 0 radical (unpaired) electrons. The third-order valence-corrected chi connectivity index (χ3v) is 4.92. The smallest absolute Gasteiger partial charge is 0.254 e. The maximum atomic E-state index is 13.3. The lowest BCUT2D eigenvalue weighted by atomic mass is 10.1. The van der Waals surface area contributed by atoms with E-state index in [9.17, 15) is 9.59 Å². The second-order valence-corrected chi connectivity index (χ2v) is 8.67. The standard InChI is InChI=1S/C24H35N3O2/c1-18(2)14-26(16-21-11-9-13-25(21)6)23(28)17-27(15-19(3)4)24(29)22-12-8-7-10-20(22)5/h7-13,18-19H,14-17H2,1-6H3. The summed E-state index contributed by atoms with van der Waals surface area (Å²) in [7, 11) is 1.99. The van der Waals surface area contributed by atoms with Crippen LogP contribution in [-0.2, 0) is 18.4 Å². The van der Waals surface area contributed by atoms with Crippen molar-refractivity contribution in [2.45, 2.75) is 41.2 Å². The first-order valence-corrected chi connectivity index (χ1v) is 10.4. The van der Waals surface area contributed by atoms with Gasteiger partial charge in [-0.3, -0.25) is 9.59 Å². The van der Waals surface area contributed by atoms with Crippen molar-refractivity contribution >= 4 is 11.8 Å². The largest absolute Gasteiger partial charge is 0.353 e. The first-order valence-electron chi connectivity index (χ1n) is 10.4. The molecule has 0 N–H and O–H groups in total. The number of carbonyl (C=O) groups excluding carboxylic acids is 2. The van der Waals surface area contributed by atoms with Crippen LogP contribution in [0.15, 0.2) is 42.6 Å². The van der Waals surface area contributed by atoms with Crippen molar-refractivity contribution in [2.75, 3.05) is 19.6 Å². The molecule has 29 heavy (non-hydrogen) atoms. The van der Waals surface area contributed by atoms with E-state index in [0.717, 1.165) is 11.3 Å². The fraction of sp³-hybridized carbons (Fsp3) is 0.500. The van der Waals surface area contributed by atoms with Crippen molar-refractivity contribution in [3.63, 3.8) is 0 Å². The molecule has 1 heterocycles. The second-order valence-electron chi connectivity index (χ2n) is 8.67. The van der Waals surface area contributed by atoms with Gasteiger partial charge in [-0.15, -0.1) is 0 Å². The summed E-state index contributed by atoms with van der Waals surface area (Å²) in [6, 6.07) is 11.6. The van der Waals surface area contributed by atoms with Gasteiger partial charge >= 0.3 is 0 Å². The van der Waals surface area contributed by atoms with Crippen LogP contribution in [0.25, 0.3) is 0 Å². The molecule has 0 saturated carbocycles. The van der Waals surface area contributed by atoms with Gasteiger partial charge in [0.05, 0.1) is 6.54 Å². The summed E-state index contributed by atoms with van der Waals surface area (Å²) in [6.07, 6.45) is 1.99. The number of nitrogens with zero attached hydrogens (tertiary/aromatic N) is 3. The minimum Gasteiger partial charge on any atom is -0.353 e. The van der Waals surface area contributed by atoms with Crippen LogP contribution >= 0.6 is 0 Å². The number of hydrogen-bond donors (Lipinski definition) is 0. The Morgan fingerprint density at radius 3 is 2.10 bits per heavy atom. The zero-order valence-electron chi connectivity index (χ0n) is 18.7. The highest BCUT2D eigenvalue weighted by Gasteiger charge is 2.24. The summed E-state index contributed by atoms with van der Waals surface area (Å²) in [6.45, 7) is 12.2. The number of aryl methyl sites for hydroxylation is 2. The highest BCUT2D eigenvalue weighted by atomic mass is 16.2. The van der Waals surface area contributed by atoms with E-state index in [-0.39, 0.29) is 24.3 Å². The van der Waals surface area contributed by atoms with E-state index in [1.54, 1.807) is 4.90 Å². The Kier molecular flexibility index (Phi) is 8.06. The summed E-state index contributed by atoms with van der Waals surface area (Å²) < 4.78 is 2.03. The molecule has 0 fully saturated rings. The van der Waals surface area contributed by atoms with E-state index < -0.39 is 0 Å². The maximum absolute atomic E-state index is 13.3. The van der Waals surface area contributed by atoms with Crippen molar-refractivity contribution in [2.24, 2.45) is 18.9 Å². The van der Waals surface area contributed by atoms with Crippen LogP contribution in [0, 0.1) is 18.8 Å². The second kappa shape index (κ2) is 10.3. The number of rotatable bonds is 9. The molecule has 0 bridgehead atoms. The van der Waals surface area contributed by atoms with E-state index in [1.807, 2.05) is 66.0 Å². The average molecular weight is 398 g/mol. The minimum absolute atomic E-state index is 0.0116. The predicted molar refractivity (Wildman–Crippen MR) is 118 cm³/mol. The molecule has 2 rings (SSSR count). The van der Waals surface area contributed by atoms with Crippen molar-refractivity contribution in [1.82, 2.24) is 14.4 Å². The molecule has 5 nitrogen and oxygen atoms in total. The number of carbonyl (C=O) groups is 2. The van der Waals surface area contributed by atoms with Crippen LogP contribution in [0.3, 0.4) is 0 Å². The minimum atomic E-state index is -0.0755. The molecule has 5 heteroatoms. The molecular weight excluding hydrogens is 362 g/mol. The number of benzene rings is 1.